The first-order chi connectivity index (χ1) is 18.8. The third-order valence-electron chi connectivity index (χ3n) is 8.05. The molecular formula is C31H37N5O2S. The average molecular weight is 544 g/mol. The number of hydrogen-bond donors (Lipinski definition) is 3. The third-order valence-corrected chi connectivity index (χ3v) is 9.04. The zero-order valence-corrected chi connectivity index (χ0v) is 23.9. The van der Waals surface area contributed by atoms with Gasteiger partial charge in [0.05, 0.1) is 23.8 Å². The van der Waals surface area contributed by atoms with Crippen LogP contribution in [0.2, 0.25) is 0 Å². The van der Waals surface area contributed by atoms with Crippen molar-refractivity contribution in [3.05, 3.63) is 59.0 Å². The highest BCUT2D eigenvalue weighted by atomic mass is 32.1. The average Bonchev–Trinajstić information content (AvgIpc) is 3.71. The van der Waals surface area contributed by atoms with Crippen LogP contribution in [0, 0.1) is 18.8 Å². The molecule has 3 heterocycles. The first-order valence-electron chi connectivity index (χ1n) is 13.8. The Morgan fingerprint density at radius 1 is 0.974 bits per heavy atom. The fourth-order valence-corrected chi connectivity index (χ4v) is 6.59. The maximum atomic E-state index is 10.5. The normalized spacial score (nSPS) is 16.5. The molecule has 0 bridgehead atoms. The quantitative estimate of drug-likeness (QED) is 0.214. The van der Waals surface area contributed by atoms with Crippen LogP contribution >= 0.6 is 11.3 Å². The third kappa shape index (κ3) is 5.54. The monoisotopic (exact) mass is 543 g/mol. The van der Waals surface area contributed by atoms with Crippen molar-refractivity contribution in [2.75, 3.05) is 35.7 Å². The predicted octanol–water partition coefficient (Wildman–Crippen LogP) is 7.35. The number of aliphatic hydroxyl groups is 1. The smallest absolute Gasteiger partial charge is 0.230 e. The summed E-state index contributed by atoms with van der Waals surface area (Å²) in [6.45, 7) is 7.83. The van der Waals surface area contributed by atoms with Gasteiger partial charge >= 0.3 is 0 Å². The molecule has 204 valence electrons. The van der Waals surface area contributed by atoms with Gasteiger partial charge in [-0.3, -0.25) is 0 Å². The number of nitrogens with zero attached hydrogens (tertiary/aromatic N) is 3. The van der Waals surface area contributed by atoms with Gasteiger partial charge in [-0.25, -0.2) is 4.98 Å². The molecule has 7 nitrogen and oxygen atoms in total. The summed E-state index contributed by atoms with van der Waals surface area (Å²) in [7, 11) is 1.74. The number of hydrogen-bond acceptors (Lipinski definition) is 8. The van der Waals surface area contributed by atoms with E-state index in [9.17, 15) is 5.11 Å². The van der Waals surface area contributed by atoms with Crippen molar-refractivity contribution in [2.24, 2.45) is 11.8 Å². The van der Waals surface area contributed by atoms with E-state index in [1.807, 2.05) is 30.3 Å². The van der Waals surface area contributed by atoms with E-state index in [1.165, 1.54) is 25.7 Å². The van der Waals surface area contributed by atoms with Gasteiger partial charge in [0.15, 0.2) is 0 Å². The molecule has 0 radical (unpaired) electrons. The first-order valence-corrected chi connectivity index (χ1v) is 14.7. The predicted molar refractivity (Wildman–Crippen MR) is 161 cm³/mol. The summed E-state index contributed by atoms with van der Waals surface area (Å²) < 4.78 is 5.83. The Morgan fingerprint density at radius 2 is 1.72 bits per heavy atom. The largest absolute Gasteiger partial charge is 0.495 e. The van der Waals surface area contributed by atoms with E-state index in [1.54, 1.807) is 32.3 Å². The molecule has 2 aromatic heterocycles. The van der Waals surface area contributed by atoms with Gasteiger partial charge in [-0.1, -0.05) is 12.1 Å². The number of piperidine rings is 1. The standard InChI is InChI=1S/C31H37N5O2S/c1-19-18-39-29-27(19)28(32-23-7-5-6-22(16-23)31(2,3)37)34-30(35-29)33-24-10-11-25(26(17-24)38-4)36-14-12-21(13-15-36)20-8-9-20/h5-7,10-11,16-18,20-21,37H,8-9,12-15H2,1-4H3,(H2,32,33,34,35). The lowest BCUT2D eigenvalue weighted by molar-refractivity contribution is 0.0786. The highest BCUT2D eigenvalue weighted by Gasteiger charge is 2.33. The summed E-state index contributed by atoms with van der Waals surface area (Å²) in [6.07, 6.45) is 5.40. The number of fused-ring (bicyclic) bond motifs is 1. The van der Waals surface area contributed by atoms with Crippen LogP contribution in [-0.2, 0) is 5.60 Å². The van der Waals surface area contributed by atoms with Crippen LogP contribution in [0.3, 0.4) is 0 Å². The van der Waals surface area contributed by atoms with Crippen LogP contribution in [0.15, 0.2) is 47.8 Å². The summed E-state index contributed by atoms with van der Waals surface area (Å²) in [5.74, 6) is 4.00. The maximum Gasteiger partial charge on any atom is 0.230 e. The SMILES string of the molecule is COc1cc(Nc2nc(Nc3cccc(C(C)(C)O)c3)c3c(C)csc3n2)ccc1N1CCC(C2CC2)CC1. The lowest BCUT2D eigenvalue weighted by Crippen LogP contribution is -2.34. The van der Waals surface area contributed by atoms with E-state index < -0.39 is 5.60 Å². The Kier molecular flexibility index (Phi) is 6.85. The molecule has 8 heteroatoms. The van der Waals surface area contributed by atoms with Crippen LogP contribution in [0.25, 0.3) is 10.2 Å². The van der Waals surface area contributed by atoms with Gasteiger partial charge < -0.3 is 25.4 Å². The van der Waals surface area contributed by atoms with Crippen LogP contribution in [0.5, 0.6) is 5.75 Å². The van der Waals surface area contributed by atoms with Gasteiger partial charge in [-0.05, 0) is 99.1 Å². The number of rotatable bonds is 8. The molecule has 1 saturated heterocycles. The topological polar surface area (TPSA) is 82.5 Å². The van der Waals surface area contributed by atoms with Gasteiger partial charge in [-0.15, -0.1) is 11.3 Å². The van der Waals surface area contributed by atoms with Crippen molar-refractivity contribution < 1.29 is 9.84 Å². The Bertz CT molecular complexity index is 1480. The van der Waals surface area contributed by atoms with Crippen LogP contribution in [-0.4, -0.2) is 35.3 Å². The van der Waals surface area contributed by atoms with E-state index in [0.29, 0.717) is 5.95 Å². The van der Waals surface area contributed by atoms with Gasteiger partial charge in [0.2, 0.25) is 5.95 Å². The molecule has 2 fully saturated rings. The summed E-state index contributed by atoms with van der Waals surface area (Å²) >= 11 is 1.60. The number of thiophene rings is 1. The molecule has 0 atom stereocenters. The highest BCUT2D eigenvalue weighted by Crippen LogP contribution is 2.43. The van der Waals surface area contributed by atoms with Gasteiger partial charge in [-0.2, -0.15) is 4.98 Å². The number of aryl methyl sites for hydroxylation is 1. The molecule has 0 amide bonds. The van der Waals surface area contributed by atoms with E-state index >= 15 is 0 Å². The highest BCUT2D eigenvalue weighted by molar-refractivity contribution is 7.17. The molecule has 1 aliphatic heterocycles. The van der Waals surface area contributed by atoms with Crippen molar-refractivity contribution in [1.29, 1.82) is 0 Å². The molecule has 39 heavy (non-hydrogen) atoms. The minimum absolute atomic E-state index is 0.519. The van der Waals surface area contributed by atoms with Crippen LogP contribution < -0.4 is 20.3 Å². The summed E-state index contributed by atoms with van der Waals surface area (Å²) in [6, 6.07) is 14.1. The molecular weight excluding hydrogens is 506 g/mol. The molecule has 0 spiro atoms. The number of aromatic nitrogens is 2. The fourth-order valence-electron chi connectivity index (χ4n) is 5.67. The number of methoxy groups -OCH3 is 1. The Balaban J connectivity index is 1.25. The van der Waals surface area contributed by atoms with Crippen LogP contribution in [0.4, 0.5) is 28.8 Å². The second kappa shape index (κ2) is 10.3. The molecule has 1 aliphatic carbocycles. The zero-order chi connectivity index (χ0) is 27.1. The van der Waals surface area contributed by atoms with Crippen molar-refractivity contribution in [3.63, 3.8) is 0 Å². The second-order valence-corrected chi connectivity index (χ2v) is 12.3. The summed E-state index contributed by atoms with van der Waals surface area (Å²) in [5.41, 5.74) is 3.92. The first kappa shape index (κ1) is 25.9. The Hall–Kier alpha value is -3.36. The molecule has 3 N–H and O–H groups in total. The number of anilines is 5. The fraction of sp³-hybridized carbons (Fsp3) is 0.419. The molecule has 2 aliphatic rings. The minimum Gasteiger partial charge on any atom is -0.495 e. The van der Waals surface area contributed by atoms with E-state index in [4.69, 9.17) is 14.7 Å². The zero-order valence-electron chi connectivity index (χ0n) is 23.1. The lowest BCUT2D eigenvalue weighted by Gasteiger charge is -2.34. The minimum atomic E-state index is -0.929. The van der Waals surface area contributed by atoms with Crippen molar-refractivity contribution >= 4 is 50.4 Å². The number of benzene rings is 2. The molecule has 2 aromatic carbocycles. The van der Waals surface area contributed by atoms with Crippen molar-refractivity contribution in [1.82, 2.24) is 9.97 Å². The number of ether oxygens (including phenoxy) is 1. The molecule has 1 saturated carbocycles. The maximum absolute atomic E-state index is 10.5. The van der Waals surface area contributed by atoms with Crippen molar-refractivity contribution in [2.45, 2.75) is 52.1 Å². The van der Waals surface area contributed by atoms with E-state index in [0.717, 1.165) is 74.9 Å². The Morgan fingerprint density at radius 3 is 2.44 bits per heavy atom. The van der Waals surface area contributed by atoms with Crippen LogP contribution in [0.1, 0.15) is 50.7 Å². The lowest BCUT2D eigenvalue weighted by atomic mass is 9.92. The second-order valence-electron chi connectivity index (χ2n) is 11.4. The van der Waals surface area contributed by atoms with Gasteiger partial charge in [0.1, 0.15) is 16.4 Å². The van der Waals surface area contributed by atoms with E-state index in [2.05, 4.69) is 40.0 Å². The molecule has 0 unspecified atom stereocenters. The molecule has 6 rings (SSSR count). The van der Waals surface area contributed by atoms with Gasteiger partial charge in [0, 0.05) is 30.5 Å². The molecule has 4 aromatic rings. The number of nitrogens with one attached hydrogen (secondary N) is 2. The Labute approximate surface area is 234 Å². The van der Waals surface area contributed by atoms with Gasteiger partial charge in [0.25, 0.3) is 0 Å². The van der Waals surface area contributed by atoms with E-state index in [-0.39, 0.29) is 0 Å². The summed E-state index contributed by atoms with van der Waals surface area (Å²) in [5, 5.41) is 20.5. The van der Waals surface area contributed by atoms with Crippen molar-refractivity contribution in [3.8, 4) is 5.75 Å². The summed E-state index contributed by atoms with van der Waals surface area (Å²) in [4.78, 5) is 13.1.